The summed E-state index contributed by atoms with van der Waals surface area (Å²) in [7, 11) is -2.43. The van der Waals surface area contributed by atoms with Crippen molar-refractivity contribution >= 4 is 27.5 Å². The van der Waals surface area contributed by atoms with Crippen molar-refractivity contribution in [1.82, 2.24) is 10.0 Å². The monoisotopic (exact) mass is 424 g/mol. The molecule has 0 aromatic heterocycles. The molecule has 0 bridgehead atoms. The molecule has 2 rings (SSSR count). The number of amides is 1. The molecule has 2 aromatic carbocycles. The molecule has 1 atom stereocenters. The topological polar surface area (TPSA) is 84.5 Å². The van der Waals surface area contributed by atoms with E-state index in [0.29, 0.717) is 11.4 Å². The Labute approximate surface area is 171 Å². The van der Waals surface area contributed by atoms with E-state index < -0.39 is 10.0 Å². The minimum Gasteiger partial charge on any atom is -0.495 e. The summed E-state index contributed by atoms with van der Waals surface area (Å²) in [5.41, 5.74) is 1.15. The Hall–Kier alpha value is -2.09. The van der Waals surface area contributed by atoms with Gasteiger partial charge in [0.2, 0.25) is 10.0 Å². The number of sulfonamides is 1. The first-order valence-electron chi connectivity index (χ1n) is 8.94. The number of nitrogens with one attached hydrogen (secondary N) is 2. The van der Waals surface area contributed by atoms with Gasteiger partial charge < -0.3 is 10.1 Å². The molecular formula is C20H25ClN2O4S. The fourth-order valence-corrected chi connectivity index (χ4v) is 4.33. The highest BCUT2D eigenvalue weighted by atomic mass is 35.5. The van der Waals surface area contributed by atoms with Crippen molar-refractivity contribution < 1.29 is 17.9 Å². The van der Waals surface area contributed by atoms with Crippen LogP contribution >= 0.6 is 11.6 Å². The summed E-state index contributed by atoms with van der Waals surface area (Å²) in [6.45, 7) is 5.40. The van der Waals surface area contributed by atoms with Gasteiger partial charge in [0, 0.05) is 16.6 Å². The van der Waals surface area contributed by atoms with E-state index in [1.807, 2.05) is 19.1 Å². The Kier molecular flexibility index (Phi) is 7.46. The molecule has 0 aliphatic rings. The van der Waals surface area contributed by atoms with Gasteiger partial charge >= 0.3 is 0 Å². The summed E-state index contributed by atoms with van der Waals surface area (Å²) in [5.74, 6) is -0.195. The van der Waals surface area contributed by atoms with Gasteiger partial charge in [-0.05, 0) is 56.2 Å². The van der Waals surface area contributed by atoms with Crippen molar-refractivity contribution in [3.05, 3.63) is 58.6 Å². The zero-order chi connectivity index (χ0) is 20.9. The zero-order valence-corrected chi connectivity index (χ0v) is 17.9. The zero-order valence-electron chi connectivity index (χ0n) is 16.3. The van der Waals surface area contributed by atoms with E-state index in [9.17, 15) is 13.2 Å². The average Bonchev–Trinajstić information content (AvgIpc) is 2.65. The maximum absolute atomic E-state index is 12.8. The number of benzene rings is 2. The number of hydrogen-bond acceptors (Lipinski definition) is 4. The summed E-state index contributed by atoms with van der Waals surface area (Å²) < 4.78 is 32.9. The Bertz CT molecular complexity index is 928. The van der Waals surface area contributed by atoms with Crippen LogP contribution in [0.2, 0.25) is 5.02 Å². The Morgan fingerprint density at radius 3 is 2.32 bits per heavy atom. The van der Waals surface area contributed by atoms with E-state index in [-0.39, 0.29) is 34.2 Å². The summed E-state index contributed by atoms with van der Waals surface area (Å²) in [5, 5.41) is 3.56. The van der Waals surface area contributed by atoms with E-state index in [1.165, 1.54) is 25.3 Å². The van der Waals surface area contributed by atoms with Crippen LogP contribution in [0.25, 0.3) is 0 Å². The number of ether oxygens (including phenoxy) is 1. The maximum Gasteiger partial charge on any atom is 0.251 e. The Balaban J connectivity index is 2.32. The molecular weight excluding hydrogens is 400 g/mol. The van der Waals surface area contributed by atoms with Crippen LogP contribution in [0.5, 0.6) is 5.75 Å². The standard InChI is InChI=1S/C20H25ClN2O4S/c1-5-17(14-6-9-16(21)10-7-14)22-20(24)15-8-11-18(27-4)19(12-15)28(25,26)23-13(2)3/h6-13,17,23H,5H2,1-4H3,(H,22,24). The van der Waals surface area contributed by atoms with Crippen LogP contribution in [0.15, 0.2) is 47.4 Å². The third kappa shape index (κ3) is 5.47. The second kappa shape index (κ2) is 9.41. The lowest BCUT2D eigenvalue weighted by molar-refractivity contribution is 0.0935. The number of carbonyl (C=O) groups excluding carboxylic acids is 1. The average molecular weight is 425 g/mol. The molecule has 28 heavy (non-hydrogen) atoms. The van der Waals surface area contributed by atoms with Gasteiger partial charge in [-0.25, -0.2) is 13.1 Å². The molecule has 152 valence electrons. The van der Waals surface area contributed by atoms with Crippen molar-refractivity contribution in [2.45, 2.75) is 44.2 Å². The van der Waals surface area contributed by atoms with Crippen LogP contribution in [0.4, 0.5) is 0 Å². The van der Waals surface area contributed by atoms with Gasteiger partial charge in [-0.1, -0.05) is 30.7 Å². The maximum atomic E-state index is 12.8. The fourth-order valence-electron chi connectivity index (χ4n) is 2.76. The van der Waals surface area contributed by atoms with Crippen LogP contribution in [0, 0.1) is 0 Å². The molecule has 0 saturated carbocycles. The lowest BCUT2D eigenvalue weighted by Gasteiger charge is -2.18. The van der Waals surface area contributed by atoms with Gasteiger partial charge in [-0.2, -0.15) is 0 Å². The van der Waals surface area contributed by atoms with Crippen molar-refractivity contribution in [2.24, 2.45) is 0 Å². The molecule has 2 aromatic rings. The molecule has 0 fully saturated rings. The van der Waals surface area contributed by atoms with Crippen LogP contribution in [0.3, 0.4) is 0 Å². The van der Waals surface area contributed by atoms with Crippen molar-refractivity contribution in [1.29, 1.82) is 0 Å². The second-order valence-corrected chi connectivity index (χ2v) is 8.75. The first kappa shape index (κ1) is 22.2. The van der Waals surface area contributed by atoms with Crippen molar-refractivity contribution in [3.8, 4) is 5.75 Å². The molecule has 6 nitrogen and oxygen atoms in total. The highest BCUT2D eigenvalue weighted by Crippen LogP contribution is 2.26. The van der Waals surface area contributed by atoms with E-state index in [1.54, 1.807) is 26.0 Å². The lowest BCUT2D eigenvalue weighted by atomic mass is 10.0. The number of halogens is 1. The van der Waals surface area contributed by atoms with E-state index in [4.69, 9.17) is 16.3 Å². The van der Waals surface area contributed by atoms with Crippen molar-refractivity contribution in [3.63, 3.8) is 0 Å². The summed E-state index contributed by atoms with van der Waals surface area (Å²) in [4.78, 5) is 12.7. The molecule has 0 radical (unpaired) electrons. The molecule has 1 unspecified atom stereocenters. The van der Waals surface area contributed by atoms with E-state index in [2.05, 4.69) is 10.0 Å². The largest absolute Gasteiger partial charge is 0.495 e. The molecule has 2 N–H and O–H groups in total. The SMILES string of the molecule is CCC(NC(=O)c1ccc(OC)c(S(=O)(=O)NC(C)C)c1)c1ccc(Cl)cc1. The molecule has 8 heteroatoms. The van der Waals surface area contributed by atoms with Crippen LogP contribution in [-0.4, -0.2) is 27.5 Å². The van der Waals surface area contributed by atoms with Gasteiger partial charge in [-0.15, -0.1) is 0 Å². The highest BCUT2D eigenvalue weighted by molar-refractivity contribution is 7.89. The number of carbonyl (C=O) groups is 1. The van der Waals surface area contributed by atoms with Gasteiger partial charge in [0.05, 0.1) is 13.2 Å². The molecule has 0 saturated heterocycles. The predicted molar refractivity (Wildman–Crippen MR) is 110 cm³/mol. The van der Waals surface area contributed by atoms with Gasteiger partial charge in [0.1, 0.15) is 10.6 Å². The molecule has 0 heterocycles. The summed E-state index contributed by atoms with van der Waals surface area (Å²) >= 11 is 5.92. The molecule has 0 aliphatic heterocycles. The number of hydrogen-bond donors (Lipinski definition) is 2. The third-order valence-electron chi connectivity index (χ3n) is 4.09. The summed E-state index contributed by atoms with van der Waals surface area (Å²) in [6, 6.07) is 11.1. The first-order chi connectivity index (χ1) is 13.2. The van der Waals surface area contributed by atoms with E-state index >= 15 is 0 Å². The third-order valence-corrected chi connectivity index (χ3v) is 6.02. The Morgan fingerprint density at radius 1 is 1.14 bits per heavy atom. The van der Waals surface area contributed by atoms with Gasteiger partial charge in [-0.3, -0.25) is 4.79 Å². The predicted octanol–water partition coefficient (Wildman–Crippen LogP) is 3.92. The summed E-state index contributed by atoms with van der Waals surface area (Å²) in [6.07, 6.45) is 0.670. The molecule has 0 aliphatic carbocycles. The van der Waals surface area contributed by atoms with Crippen LogP contribution < -0.4 is 14.8 Å². The minimum absolute atomic E-state index is 0.0732. The quantitative estimate of drug-likeness (QED) is 0.672. The normalized spacial score (nSPS) is 12.6. The fraction of sp³-hybridized carbons (Fsp3) is 0.350. The van der Waals surface area contributed by atoms with Crippen molar-refractivity contribution in [2.75, 3.05) is 7.11 Å². The lowest BCUT2D eigenvalue weighted by Crippen LogP contribution is -2.31. The van der Waals surface area contributed by atoms with E-state index in [0.717, 1.165) is 5.56 Å². The number of methoxy groups -OCH3 is 1. The number of rotatable bonds is 8. The van der Waals surface area contributed by atoms with Crippen LogP contribution in [-0.2, 0) is 10.0 Å². The smallest absolute Gasteiger partial charge is 0.251 e. The Morgan fingerprint density at radius 2 is 1.79 bits per heavy atom. The molecule has 0 spiro atoms. The highest BCUT2D eigenvalue weighted by Gasteiger charge is 2.23. The van der Waals surface area contributed by atoms with Crippen LogP contribution in [0.1, 0.15) is 49.2 Å². The second-order valence-electron chi connectivity index (χ2n) is 6.63. The minimum atomic E-state index is -3.82. The first-order valence-corrected chi connectivity index (χ1v) is 10.8. The van der Waals surface area contributed by atoms with Gasteiger partial charge in [0.25, 0.3) is 5.91 Å². The molecule has 1 amide bonds. The van der Waals surface area contributed by atoms with Gasteiger partial charge in [0.15, 0.2) is 0 Å².